The normalized spacial score (nSPS) is 26.5. The third-order valence-electron chi connectivity index (χ3n) is 5.30. The van der Waals surface area contributed by atoms with Gasteiger partial charge in [0.05, 0.1) is 0 Å². The molecule has 0 unspecified atom stereocenters. The quantitative estimate of drug-likeness (QED) is 0.720. The van der Waals surface area contributed by atoms with E-state index in [1.165, 1.54) is 50.9 Å². The average Bonchev–Trinajstić information content (AvgIpc) is 2.50. The summed E-state index contributed by atoms with van der Waals surface area (Å²) in [6, 6.07) is 0. The lowest BCUT2D eigenvalue weighted by molar-refractivity contribution is 0.184. The Balaban J connectivity index is 0.000000220. The molecule has 22 heavy (non-hydrogen) atoms. The second-order valence-electron chi connectivity index (χ2n) is 7.97. The number of hydrogen-bond acceptors (Lipinski definition) is 2. The molecule has 0 amide bonds. The highest BCUT2D eigenvalue weighted by molar-refractivity contribution is 4.94. The number of allylic oxidation sites excluding steroid dienone is 1. The van der Waals surface area contributed by atoms with Crippen LogP contribution in [0, 0.1) is 17.8 Å². The molecule has 2 rings (SSSR count). The van der Waals surface area contributed by atoms with E-state index in [4.69, 9.17) is 0 Å². The number of likely N-dealkylation sites (N-methyl/N-ethyl adjacent to an activating group) is 1. The van der Waals surface area contributed by atoms with Crippen LogP contribution in [0.5, 0.6) is 0 Å². The maximum Gasteiger partial charge on any atom is 0.0303 e. The van der Waals surface area contributed by atoms with Gasteiger partial charge in [-0.3, -0.25) is 0 Å². The number of rotatable bonds is 4. The minimum atomic E-state index is 0.911. The lowest BCUT2D eigenvalue weighted by Gasteiger charge is -2.34. The zero-order valence-electron chi connectivity index (χ0n) is 15.9. The Morgan fingerprint density at radius 1 is 1.05 bits per heavy atom. The van der Waals surface area contributed by atoms with Gasteiger partial charge in [0.15, 0.2) is 0 Å². The van der Waals surface area contributed by atoms with Gasteiger partial charge in [-0.05, 0) is 37.6 Å². The highest BCUT2D eigenvalue weighted by Gasteiger charge is 2.18. The SMILES string of the molecule is C=C(CC)N1CCN(C)CC1.CC(C)CC1CCC(C)CC1. The molecule has 0 spiro atoms. The van der Waals surface area contributed by atoms with Crippen LogP contribution in [0.4, 0.5) is 0 Å². The molecule has 1 heterocycles. The topological polar surface area (TPSA) is 6.48 Å². The lowest BCUT2D eigenvalue weighted by atomic mass is 9.79. The van der Waals surface area contributed by atoms with E-state index in [1.54, 1.807) is 0 Å². The zero-order chi connectivity index (χ0) is 16.5. The molecule has 0 bridgehead atoms. The maximum absolute atomic E-state index is 4.03. The molecule has 1 aliphatic heterocycles. The molecule has 2 nitrogen and oxygen atoms in total. The van der Waals surface area contributed by atoms with Crippen molar-refractivity contribution in [2.45, 2.75) is 66.2 Å². The van der Waals surface area contributed by atoms with Gasteiger partial charge < -0.3 is 9.80 Å². The molecular weight excluding hydrogens is 268 g/mol. The second kappa shape index (κ2) is 10.3. The standard InChI is InChI=1S/C11H22.C9H18N2/c1-9(2)8-11-6-4-10(3)5-7-11;1-4-9(2)11-7-5-10(3)6-8-11/h9-11H,4-8H2,1-3H3;2,4-8H2,1,3H3. The molecular formula is C20H40N2. The maximum atomic E-state index is 4.03. The van der Waals surface area contributed by atoms with Gasteiger partial charge in [0.1, 0.15) is 0 Å². The smallest absolute Gasteiger partial charge is 0.0303 e. The molecule has 0 atom stereocenters. The minimum Gasteiger partial charge on any atom is -0.373 e. The first-order chi connectivity index (χ1) is 10.4. The van der Waals surface area contributed by atoms with Gasteiger partial charge in [-0.1, -0.05) is 60.0 Å². The predicted octanol–water partition coefficient (Wildman–Crippen LogP) is 5.02. The fourth-order valence-electron chi connectivity index (χ4n) is 3.58. The van der Waals surface area contributed by atoms with E-state index in [0.29, 0.717) is 0 Å². The molecule has 1 aliphatic carbocycles. The third-order valence-corrected chi connectivity index (χ3v) is 5.30. The summed E-state index contributed by atoms with van der Waals surface area (Å²) in [6.45, 7) is 18.0. The lowest BCUT2D eigenvalue weighted by Crippen LogP contribution is -2.43. The first kappa shape index (κ1) is 19.5. The van der Waals surface area contributed by atoms with Crippen molar-refractivity contribution in [3.8, 4) is 0 Å². The van der Waals surface area contributed by atoms with Crippen molar-refractivity contribution < 1.29 is 0 Å². The Kier molecular flexibility index (Phi) is 9.16. The van der Waals surface area contributed by atoms with E-state index in [9.17, 15) is 0 Å². The summed E-state index contributed by atoms with van der Waals surface area (Å²) in [6.07, 6.45) is 8.52. The van der Waals surface area contributed by atoms with Gasteiger partial charge in [-0.2, -0.15) is 0 Å². The summed E-state index contributed by atoms with van der Waals surface area (Å²) < 4.78 is 0. The summed E-state index contributed by atoms with van der Waals surface area (Å²) >= 11 is 0. The fraction of sp³-hybridized carbons (Fsp3) is 0.900. The third kappa shape index (κ3) is 7.67. The highest BCUT2D eigenvalue weighted by Crippen LogP contribution is 2.31. The molecule has 0 radical (unpaired) electrons. The van der Waals surface area contributed by atoms with Crippen molar-refractivity contribution >= 4 is 0 Å². The van der Waals surface area contributed by atoms with Crippen LogP contribution < -0.4 is 0 Å². The zero-order valence-corrected chi connectivity index (χ0v) is 15.9. The molecule has 1 saturated heterocycles. The van der Waals surface area contributed by atoms with Crippen molar-refractivity contribution in [1.29, 1.82) is 0 Å². The van der Waals surface area contributed by atoms with Gasteiger partial charge >= 0.3 is 0 Å². The van der Waals surface area contributed by atoms with Crippen molar-refractivity contribution in [1.82, 2.24) is 9.80 Å². The van der Waals surface area contributed by atoms with E-state index in [0.717, 1.165) is 37.3 Å². The monoisotopic (exact) mass is 308 g/mol. The Labute approximate surface area is 139 Å². The van der Waals surface area contributed by atoms with E-state index < -0.39 is 0 Å². The van der Waals surface area contributed by atoms with Crippen LogP contribution in [0.1, 0.15) is 66.2 Å². The first-order valence-electron chi connectivity index (χ1n) is 9.53. The van der Waals surface area contributed by atoms with Crippen LogP contribution in [0.25, 0.3) is 0 Å². The van der Waals surface area contributed by atoms with Crippen molar-refractivity contribution in [2.24, 2.45) is 17.8 Å². The molecule has 1 saturated carbocycles. The van der Waals surface area contributed by atoms with Crippen LogP contribution in [-0.2, 0) is 0 Å². The molecule has 0 aromatic rings. The molecule has 2 heteroatoms. The summed E-state index contributed by atoms with van der Waals surface area (Å²) in [5.74, 6) is 2.98. The molecule has 2 aliphatic rings. The number of piperazine rings is 1. The van der Waals surface area contributed by atoms with Gasteiger partial charge in [0.25, 0.3) is 0 Å². The van der Waals surface area contributed by atoms with Gasteiger partial charge in [-0.25, -0.2) is 0 Å². The van der Waals surface area contributed by atoms with Crippen LogP contribution in [0.15, 0.2) is 12.3 Å². The average molecular weight is 309 g/mol. The van der Waals surface area contributed by atoms with E-state index >= 15 is 0 Å². The van der Waals surface area contributed by atoms with E-state index in [1.807, 2.05) is 0 Å². The largest absolute Gasteiger partial charge is 0.373 e. The Bertz CT molecular complexity index is 295. The molecule has 0 N–H and O–H groups in total. The number of nitrogens with zero attached hydrogens (tertiary/aromatic N) is 2. The van der Waals surface area contributed by atoms with Gasteiger partial charge in [-0.15, -0.1) is 0 Å². The van der Waals surface area contributed by atoms with Crippen LogP contribution in [0.3, 0.4) is 0 Å². The highest BCUT2D eigenvalue weighted by atomic mass is 15.2. The van der Waals surface area contributed by atoms with Crippen LogP contribution in [0.2, 0.25) is 0 Å². The summed E-state index contributed by atoms with van der Waals surface area (Å²) in [4.78, 5) is 4.75. The first-order valence-corrected chi connectivity index (χ1v) is 9.53. The Morgan fingerprint density at radius 3 is 2.05 bits per heavy atom. The molecule has 130 valence electrons. The van der Waals surface area contributed by atoms with Crippen molar-refractivity contribution in [3.63, 3.8) is 0 Å². The van der Waals surface area contributed by atoms with E-state index in [2.05, 4.69) is 51.1 Å². The van der Waals surface area contributed by atoms with Crippen LogP contribution >= 0.6 is 0 Å². The number of hydrogen-bond donors (Lipinski definition) is 0. The Hall–Kier alpha value is -0.500. The predicted molar refractivity (Wildman–Crippen MR) is 99.1 cm³/mol. The van der Waals surface area contributed by atoms with Gasteiger partial charge in [0, 0.05) is 31.9 Å². The van der Waals surface area contributed by atoms with E-state index in [-0.39, 0.29) is 0 Å². The summed E-state index contributed by atoms with van der Waals surface area (Å²) in [5.41, 5.74) is 1.29. The Morgan fingerprint density at radius 2 is 1.59 bits per heavy atom. The molecule has 2 fully saturated rings. The summed E-state index contributed by atoms with van der Waals surface area (Å²) in [5, 5.41) is 0. The summed E-state index contributed by atoms with van der Waals surface area (Å²) in [7, 11) is 2.17. The fourth-order valence-corrected chi connectivity index (χ4v) is 3.58. The second-order valence-corrected chi connectivity index (χ2v) is 7.97. The van der Waals surface area contributed by atoms with Crippen LogP contribution in [-0.4, -0.2) is 43.0 Å². The van der Waals surface area contributed by atoms with Crippen molar-refractivity contribution in [3.05, 3.63) is 12.3 Å². The minimum absolute atomic E-state index is 0.911. The molecule has 0 aromatic heterocycles. The van der Waals surface area contributed by atoms with Crippen molar-refractivity contribution in [2.75, 3.05) is 33.2 Å². The molecule has 0 aromatic carbocycles. The van der Waals surface area contributed by atoms with Gasteiger partial charge in [0.2, 0.25) is 0 Å².